The van der Waals surface area contributed by atoms with Gasteiger partial charge in [-0.15, -0.1) is 0 Å². The highest BCUT2D eigenvalue weighted by atomic mass is 79.9. The van der Waals surface area contributed by atoms with Gasteiger partial charge in [0.15, 0.2) is 6.61 Å². The van der Waals surface area contributed by atoms with Gasteiger partial charge in [-0.3, -0.25) is 9.59 Å². The minimum Gasteiger partial charge on any atom is -0.483 e. The van der Waals surface area contributed by atoms with Crippen molar-refractivity contribution in [2.45, 2.75) is 65.5 Å². The highest BCUT2D eigenvalue weighted by Gasteiger charge is 2.30. The van der Waals surface area contributed by atoms with Crippen LogP contribution in [0.5, 0.6) is 5.75 Å². The van der Waals surface area contributed by atoms with Crippen LogP contribution in [0.2, 0.25) is 10.0 Å². The molecule has 2 amide bonds. The third-order valence-electron chi connectivity index (χ3n) is 5.47. The fourth-order valence-corrected chi connectivity index (χ4v) is 4.46. The van der Waals surface area contributed by atoms with Crippen LogP contribution in [0.25, 0.3) is 0 Å². The monoisotopic (exact) mass is 570 g/mol. The SMILES string of the molecule is CCCNC(=O)[C@@H](CC)N(Cc1c(Cl)cccc1Cl)C(=O)COc1ccc(C(C)(C)C)cc1Br. The first-order valence-corrected chi connectivity index (χ1v) is 13.0. The molecule has 0 bridgehead atoms. The molecule has 0 unspecified atom stereocenters. The van der Waals surface area contributed by atoms with E-state index in [9.17, 15) is 9.59 Å². The molecular formula is C26H33BrCl2N2O3. The molecule has 5 nitrogen and oxygen atoms in total. The van der Waals surface area contributed by atoms with Gasteiger partial charge in [-0.2, -0.15) is 0 Å². The van der Waals surface area contributed by atoms with Crippen LogP contribution in [0.3, 0.4) is 0 Å². The van der Waals surface area contributed by atoms with Gasteiger partial charge >= 0.3 is 0 Å². The largest absolute Gasteiger partial charge is 0.483 e. The minimum absolute atomic E-state index is 0.0118. The second-order valence-electron chi connectivity index (χ2n) is 9.12. The summed E-state index contributed by atoms with van der Waals surface area (Å²) in [4.78, 5) is 27.8. The zero-order valence-corrected chi connectivity index (χ0v) is 23.5. The molecule has 0 saturated carbocycles. The van der Waals surface area contributed by atoms with Crippen LogP contribution < -0.4 is 10.1 Å². The third kappa shape index (κ3) is 7.62. The summed E-state index contributed by atoms with van der Waals surface area (Å²) in [5.74, 6) is 0.0124. The fourth-order valence-electron chi connectivity index (χ4n) is 3.45. The number of halogens is 3. The van der Waals surface area contributed by atoms with Crippen LogP contribution in [0.1, 0.15) is 58.6 Å². The van der Waals surface area contributed by atoms with Gasteiger partial charge in [0.25, 0.3) is 5.91 Å². The predicted molar refractivity (Wildman–Crippen MR) is 143 cm³/mol. The number of ether oxygens (including phenoxy) is 1. The molecule has 1 N–H and O–H groups in total. The number of carbonyl (C=O) groups excluding carboxylic acids is 2. The maximum absolute atomic E-state index is 13.4. The van der Waals surface area contributed by atoms with Gasteiger partial charge in [0.2, 0.25) is 5.91 Å². The Labute approximate surface area is 221 Å². The molecule has 2 aromatic rings. The molecule has 0 aliphatic rings. The molecule has 2 rings (SSSR count). The topological polar surface area (TPSA) is 58.6 Å². The molecule has 34 heavy (non-hydrogen) atoms. The standard InChI is InChI=1S/C26H33BrCl2N2O3/c1-6-13-30-25(33)22(7-2)31(15-18-20(28)9-8-10-21(18)29)24(32)16-34-23-12-11-17(14-19(23)27)26(3,4)5/h8-12,14,22H,6-7,13,15-16H2,1-5H3,(H,30,33)/t22-/m1/s1. The number of rotatable bonds is 10. The van der Waals surface area contributed by atoms with Crippen molar-refractivity contribution in [1.82, 2.24) is 10.2 Å². The molecule has 0 saturated heterocycles. The summed E-state index contributed by atoms with van der Waals surface area (Å²) in [5, 5.41) is 3.77. The lowest BCUT2D eigenvalue weighted by Crippen LogP contribution is -2.50. The Balaban J connectivity index is 2.29. The normalized spacial score (nSPS) is 12.2. The molecule has 186 valence electrons. The smallest absolute Gasteiger partial charge is 0.261 e. The van der Waals surface area contributed by atoms with Crippen molar-refractivity contribution in [3.8, 4) is 5.75 Å². The first-order valence-electron chi connectivity index (χ1n) is 11.4. The summed E-state index contributed by atoms with van der Waals surface area (Å²) in [6.45, 7) is 10.6. The van der Waals surface area contributed by atoms with E-state index in [0.717, 1.165) is 16.5 Å². The van der Waals surface area contributed by atoms with Crippen molar-refractivity contribution in [3.63, 3.8) is 0 Å². The Morgan fingerprint density at radius 2 is 1.76 bits per heavy atom. The number of benzene rings is 2. The third-order valence-corrected chi connectivity index (χ3v) is 6.80. The van der Waals surface area contributed by atoms with E-state index in [4.69, 9.17) is 27.9 Å². The molecule has 0 heterocycles. The van der Waals surface area contributed by atoms with E-state index in [-0.39, 0.29) is 30.4 Å². The van der Waals surface area contributed by atoms with Crippen molar-refractivity contribution < 1.29 is 14.3 Å². The van der Waals surface area contributed by atoms with Gasteiger partial charge in [-0.1, -0.05) is 70.0 Å². The molecular weight excluding hydrogens is 539 g/mol. The number of amides is 2. The molecule has 0 spiro atoms. The molecule has 0 radical (unpaired) electrons. The average molecular weight is 572 g/mol. The molecule has 8 heteroatoms. The molecule has 0 fully saturated rings. The van der Waals surface area contributed by atoms with Crippen molar-refractivity contribution in [3.05, 3.63) is 62.0 Å². The zero-order chi connectivity index (χ0) is 25.5. The first kappa shape index (κ1) is 28.5. The maximum atomic E-state index is 13.4. The van der Waals surface area contributed by atoms with Crippen molar-refractivity contribution in [1.29, 1.82) is 0 Å². The quantitative estimate of drug-likeness (QED) is 0.342. The Morgan fingerprint density at radius 3 is 2.29 bits per heavy atom. The second kappa shape index (κ2) is 12.8. The Hall–Kier alpha value is -1.76. The van der Waals surface area contributed by atoms with Crippen LogP contribution in [0.4, 0.5) is 0 Å². The van der Waals surface area contributed by atoms with E-state index in [1.165, 1.54) is 4.90 Å². The molecule has 0 aliphatic heterocycles. The summed E-state index contributed by atoms with van der Waals surface area (Å²) in [6.07, 6.45) is 1.24. The van der Waals surface area contributed by atoms with Crippen LogP contribution in [-0.2, 0) is 21.5 Å². The van der Waals surface area contributed by atoms with Crippen LogP contribution in [-0.4, -0.2) is 35.9 Å². The minimum atomic E-state index is -0.679. The summed E-state index contributed by atoms with van der Waals surface area (Å²) in [7, 11) is 0. The van der Waals surface area contributed by atoms with Gasteiger partial charge < -0.3 is 15.0 Å². The van der Waals surface area contributed by atoms with Crippen molar-refractivity contribution in [2.75, 3.05) is 13.2 Å². The summed E-state index contributed by atoms with van der Waals surface area (Å²) in [5.41, 5.74) is 1.73. The summed E-state index contributed by atoms with van der Waals surface area (Å²) < 4.78 is 6.63. The maximum Gasteiger partial charge on any atom is 0.261 e. The molecule has 1 atom stereocenters. The van der Waals surface area contributed by atoms with Gasteiger partial charge in [0, 0.05) is 28.7 Å². The lowest BCUT2D eigenvalue weighted by molar-refractivity contribution is -0.143. The van der Waals surface area contributed by atoms with E-state index in [2.05, 4.69) is 42.0 Å². The molecule has 2 aromatic carbocycles. The van der Waals surface area contributed by atoms with E-state index in [1.807, 2.05) is 32.0 Å². The van der Waals surface area contributed by atoms with Gasteiger partial charge in [0.1, 0.15) is 11.8 Å². The number of nitrogens with one attached hydrogen (secondary N) is 1. The van der Waals surface area contributed by atoms with Crippen LogP contribution in [0, 0.1) is 0 Å². The van der Waals surface area contributed by atoms with E-state index in [1.54, 1.807) is 18.2 Å². The van der Waals surface area contributed by atoms with E-state index in [0.29, 0.717) is 34.3 Å². The number of hydrogen-bond acceptors (Lipinski definition) is 3. The average Bonchev–Trinajstić information content (AvgIpc) is 2.77. The van der Waals surface area contributed by atoms with Gasteiger partial charge in [-0.05, 0) is 64.0 Å². The Kier molecular flexibility index (Phi) is 10.7. The van der Waals surface area contributed by atoms with E-state index >= 15 is 0 Å². The zero-order valence-electron chi connectivity index (χ0n) is 20.4. The first-order chi connectivity index (χ1) is 16.0. The van der Waals surface area contributed by atoms with Gasteiger partial charge in [0.05, 0.1) is 4.47 Å². The van der Waals surface area contributed by atoms with Gasteiger partial charge in [-0.25, -0.2) is 0 Å². The highest BCUT2D eigenvalue weighted by molar-refractivity contribution is 9.10. The lowest BCUT2D eigenvalue weighted by atomic mass is 9.87. The summed E-state index contributed by atoms with van der Waals surface area (Å²) >= 11 is 16.3. The summed E-state index contributed by atoms with van der Waals surface area (Å²) in [6, 6.07) is 10.3. The molecule has 0 aliphatic carbocycles. The predicted octanol–water partition coefficient (Wildman–Crippen LogP) is 6.77. The number of hydrogen-bond donors (Lipinski definition) is 1. The van der Waals surface area contributed by atoms with Crippen molar-refractivity contribution >= 4 is 50.9 Å². The fraction of sp³-hybridized carbons (Fsp3) is 0.462. The number of nitrogens with zero attached hydrogens (tertiary/aromatic N) is 1. The van der Waals surface area contributed by atoms with E-state index < -0.39 is 6.04 Å². The van der Waals surface area contributed by atoms with Crippen molar-refractivity contribution in [2.24, 2.45) is 0 Å². The second-order valence-corrected chi connectivity index (χ2v) is 10.8. The lowest BCUT2D eigenvalue weighted by Gasteiger charge is -2.31. The Bertz CT molecular complexity index is 988. The number of carbonyl (C=O) groups is 2. The van der Waals surface area contributed by atoms with Crippen LogP contribution >= 0.6 is 39.1 Å². The van der Waals surface area contributed by atoms with Crippen LogP contribution in [0.15, 0.2) is 40.9 Å². The Morgan fingerprint density at radius 1 is 1.12 bits per heavy atom. The highest BCUT2D eigenvalue weighted by Crippen LogP contribution is 2.32. The molecule has 0 aromatic heterocycles.